The van der Waals surface area contributed by atoms with Crippen LogP contribution in [0.15, 0.2) is 46.9 Å². The van der Waals surface area contributed by atoms with Gasteiger partial charge in [0.2, 0.25) is 0 Å². The molecule has 1 aliphatic rings. The van der Waals surface area contributed by atoms with Crippen LogP contribution in [0.3, 0.4) is 0 Å². The van der Waals surface area contributed by atoms with Gasteiger partial charge in [0, 0.05) is 47.1 Å². The molecule has 2 amide bonds. The third kappa shape index (κ3) is 3.87. The third-order valence-electron chi connectivity index (χ3n) is 5.30. The smallest absolute Gasteiger partial charge is 0.270 e. The molecule has 1 fully saturated rings. The molecule has 1 aromatic heterocycles. The fourth-order valence-corrected chi connectivity index (χ4v) is 4.03. The Kier molecular flexibility index (Phi) is 5.67. The Morgan fingerprint density at radius 3 is 2.20 bits per heavy atom. The number of rotatable bonds is 4. The maximum absolute atomic E-state index is 12.9. The highest BCUT2D eigenvalue weighted by molar-refractivity contribution is 9.10. The average molecular weight is 472 g/mol. The SMILES string of the molecule is COc1ccc(C(=O)N2CCN(C(=O)c3cc4cc(Br)ccc4[nH]3)CC2)cc1OC. The van der Waals surface area contributed by atoms with Gasteiger partial charge in [-0.2, -0.15) is 0 Å². The number of ether oxygens (including phenoxy) is 2. The molecule has 4 rings (SSSR count). The Morgan fingerprint density at radius 1 is 0.867 bits per heavy atom. The molecule has 1 saturated heterocycles. The molecule has 2 aromatic carbocycles. The van der Waals surface area contributed by atoms with Crippen molar-refractivity contribution in [2.24, 2.45) is 0 Å². The Hall–Kier alpha value is -3.00. The van der Waals surface area contributed by atoms with Crippen molar-refractivity contribution in [3.05, 3.63) is 58.2 Å². The number of H-pyrrole nitrogens is 1. The van der Waals surface area contributed by atoms with Crippen molar-refractivity contribution in [2.45, 2.75) is 0 Å². The zero-order valence-corrected chi connectivity index (χ0v) is 18.4. The highest BCUT2D eigenvalue weighted by Crippen LogP contribution is 2.28. The Balaban J connectivity index is 1.42. The highest BCUT2D eigenvalue weighted by Gasteiger charge is 2.26. The molecule has 0 atom stereocenters. The number of fused-ring (bicyclic) bond motifs is 1. The molecule has 0 bridgehead atoms. The topological polar surface area (TPSA) is 74.9 Å². The van der Waals surface area contributed by atoms with Gasteiger partial charge in [0.15, 0.2) is 11.5 Å². The summed E-state index contributed by atoms with van der Waals surface area (Å²) in [6.07, 6.45) is 0. The van der Waals surface area contributed by atoms with E-state index in [1.54, 1.807) is 42.2 Å². The molecule has 30 heavy (non-hydrogen) atoms. The number of piperazine rings is 1. The fourth-order valence-electron chi connectivity index (χ4n) is 3.65. The van der Waals surface area contributed by atoms with Crippen LogP contribution in [0.2, 0.25) is 0 Å². The first kappa shape index (κ1) is 20.3. The Bertz CT molecular complexity index is 1100. The van der Waals surface area contributed by atoms with Gasteiger partial charge in [0.05, 0.1) is 14.2 Å². The monoisotopic (exact) mass is 471 g/mol. The van der Waals surface area contributed by atoms with E-state index in [4.69, 9.17) is 9.47 Å². The van der Waals surface area contributed by atoms with Crippen LogP contribution in [-0.2, 0) is 0 Å². The second kappa shape index (κ2) is 8.39. The molecule has 156 valence electrons. The van der Waals surface area contributed by atoms with Crippen LogP contribution in [-0.4, -0.2) is 67.0 Å². The van der Waals surface area contributed by atoms with Crippen molar-refractivity contribution < 1.29 is 19.1 Å². The summed E-state index contributed by atoms with van der Waals surface area (Å²) in [6.45, 7) is 1.92. The van der Waals surface area contributed by atoms with E-state index in [1.807, 2.05) is 24.3 Å². The summed E-state index contributed by atoms with van der Waals surface area (Å²) in [5, 5.41) is 0.981. The first-order valence-corrected chi connectivity index (χ1v) is 10.4. The summed E-state index contributed by atoms with van der Waals surface area (Å²) in [6, 6.07) is 12.8. The molecule has 0 unspecified atom stereocenters. The number of amides is 2. The maximum Gasteiger partial charge on any atom is 0.270 e. The second-order valence-electron chi connectivity index (χ2n) is 7.07. The number of halogens is 1. The van der Waals surface area contributed by atoms with E-state index in [0.717, 1.165) is 15.4 Å². The van der Waals surface area contributed by atoms with Crippen molar-refractivity contribution in [3.63, 3.8) is 0 Å². The minimum atomic E-state index is -0.0847. The zero-order valence-electron chi connectivity index (χ0n) is 16.8. The standard InChI is InChI=1S/C22H22BrN3O4/c1-29-19-6-3-14(13-20(19)30-2)21(27)25-7-9-26(10-8-25)22(28)18-12-15-11-16(23)4-5-17(15)24-18/h3-6,11-13,24H,7-10H2,1-2H3. The van der Waals surface area contributed by atoms with Crippen molar-refractivity contribution in [2.75, 3.05) is 40.4 Å². The quantitative estimate of drug-likeness (QED) is 0.631. The minimum Gasteiger partial charge on any atom is -0.493 e. The number of hydrogen-bond donors (Lipinski definition) is 1. The summed E-state index contributed by atoms with van der Waals surface area (Å²) < 4.78 is 11.5. The molecule has 7 nitrogen and oxygen atoms in total. The lowest BCUT2D eigenvalue weighted by molar-refractivity contribution is 0.0532. The predicted molar refractivity (Wildman–Crippen MR) is 117 cm³/mol. The summed E-state index contributed by atoms with van der Waals surface area (Å²) in [4.78, 5) is 32.5. The van der Waals surface area contributed by atoms with Crippen LogP contribution in [0, 0.1) is 0 Å². The van der Waals surface area contributed by atoms with E-state index in [9.17, 15) is 9.59 Å². The summed E-state index contributed by atoms with van der Waals surface area (Å²) in [5.74, 6) is 0.955. The van der Waals surface area contributed by atoms with Gasteiger partial charge in [0.25, 0.3) is 11.8 Å². The molecule has 2 heterocycles. The predicted octanol–water partition coefficient (Wildman–Crippen LogP) is 3.55. The van der Waals surface area contributed by atoms with Crippen LogP contribution in [0.5, 0.6) is 11.5 Å². The van der Waals surface area contributed by atoms with E-state index < -0.39 is 0 Å². The van der Waals surface area contributed by atoms with Crippen LogP contribution in [0.1, 0.15) is 20.8 Å². The van der Waals surface area contributed by atoms with Gasteiger partial charge in [-0.25, -0.2) is 0 Å². The number of carbonyl (C=O) groups is 2. The van der Waals surface area contributed by atoms with E-state index in [0.29, 0.717) is 48.9 Å². The Labute approximate surface area is 182 Å². The molecule has 0 saturated carbocycles. The normalized spacial score (nSPS) is 14.1. The van der Waals surface area contributed by atoms with Crippen molar-refractivity contribution in [1.82, 2.24) is 14.8 Å². The van der Waals surface area contributed by atoms with Crippen LogP contribution >= 0.6 is 15.9 Å². The Morgan fingerprint density at radius 2 is 1.53 bits per heavy atom. The minimum absolute atomic E-state index is 0.0551. The van der Waals surface area contributed by atoms with Crippen molar-refractivity contribution >= 4 is 38.6 Å². The number of hydrogen-bond acceptors (Lipinski definition) is 4. The molecular weight excluding hydrogens is 450 g/mol. The lowest BCUT2D eigenvalue weighted by Gasteiger charge is -2.34. The van der Waals surface area contributed by atoms with Crippen LogP contribution in [0.25, 0.3) is 10.9 Å². The summed E-state index contributed by atoms with van der Waals surface area (Å²) in [5.41, 5.74) is 2.01. The summed E-state index contributed by atoms with van der Waals surface area (Å²) in [7, 11) is 3.10. The largest absolute Gasteiger partial charge is 0.493 e. The number of aromatic nitrogens is 1. The van der Waals surface area contributed by atoms with Crippen molar-refractivity contribution in [1.29, 1.82) is 0 Å². The molecule has 8 heteroatoms. The lowest BCUT2D eigenvalue weighted by atomic mass is 10.1. The number of nitrogens with zero attached hydrogens (tertiary/aromatic N) is 2. The van der Waals surface area contributed by atoms with E-state index in [2.05, 4.69) is 20.9 Å². The van der Waals surface area contributed by atoms with Crippen molar-refractivity contribution in [3.8, 4) is 11.5 Å². The molecular formula is C22H22BrN3O4. The molecule has 1 aliphatic heterocycles. The number of nitrogens with one attached hydrogen (secondary N) is 1. The number of carbonyl (C=O) groups excluding carboxylic acids is 2. The average Bonchev–Trinajstić information content (AvgIpc) is 3.20. The van der Waals surface area contributed by atoms with E-state index in [1.165, 1.54) is 0 Å². The summed E-state index contributed by atoms with van der Waals surface area (Å²) >= 11 is 3.45. The van der Waals surface area contributed by atoms with E-state index in [-0.39, 0.29) is 11.8 Å². The molecule has 3 aromatic rings. The van der Waals surface area contributed by atoms with Gasteiger partial charge in [-0.05, 0) is 42.5 Å². The zero-order chi connectivity index (χ0) is 21.3. The molecule has 0 aliphatic carbocycles. The van der Waals surface area contributed by atoms with Gasteiger partial charge < -0.3 is 24.3 Å². The van der Waals surface area contributed by atoms with E-state index >= 15 is 0 Å². The fraction of sp³-hybridized carbons (Fsp3) is 0.273. The molecule has 0 radical (unpaired) electrons. The van der Waals surface area contributed by atoms with Gasteiger partial charge in [-0.15, -0.1) is 0 Å². The third-order valence-corrected chi connectivity index (χ3v) is 5.79. The highest BCUT2D eigenvalue weighted by atomic mass is 79.9. The first-order chi connectivity index (χ1) is 14.5. The molecule has 0 spiro atoms. The number of benzene rings is 2. The van der Waals surface area contributed by atoms with Gasteiger partial charge >= 0.3 is 0 Å². The van der Waals surface area contributed by atoms with Gasteiger partial charge in [0.1, 0.15) is 5.69 Å². The molecule has 1 N–H and O–H groups in total. The number of methoxy groups -OCH3 is 2. The maximum atomic E-state index is 12.9. The second-order valence-corrected chi connectivity index (χ2v) is 7.98. The number of aromatic amines is 1. The van der Waals surface area contributed by atoms with Gasteiger partial charge in [-0.3, -0.25) is 9.59 Å². The first-order valence-electron chi connectivity index (χ1n) is 9.59. The van der Waals surface area contributed by atoms with Crippen LogP contribution < -0.4 is 9.47 Å². The van der Waals surface area contributed by atoms with Crippen LogP contribution in [0.4, 0.5) is 0 Å². The van der Waals surface area contributed by atoms with Gasteiger partial charge in [-0.1, -0.05) is 15.9 Å². The lowest BCUT2D eigenvalue weighted by Crippen LogP contribution is -2.50.